The monoisotopic (exact) mass is 212 g/mol. The quantitative estimate of drug-likeness (QED) is 0.685. The number of nitrogens with zero attached hydrogens (tertiary/aromatic N) is 2. The van der Waals surface area contributed by atoms with Crippen molar-refractivity contribution >= 4 is 5.78 Å². The lowest BCUT2D eigenvalue weighted by Crippen LogP contribution is -2.36. The van der Waals surface area contributed by atoms with E-state index in [-0.39, 0.29) is 0 Å². The Labute approximate surface area is 93.4 Å². The van der Waals surface area contributed by atoms with E-state index in [2.05, 4.69) is 23.9 Å². The molecule has 1 aliphatic rings. The number of likely N-dealkylation sites (tertiary alicyclic amines) is 1. The summed E-state index contributed by atoms with van der Waals surface area (Å²) in [4.78, 5) is 15.5. The third kappa shape index (κ3) is 5.28. The Morgan fingerprint density at radius 2 is 2.00 bits per heavy atom. The number of ketones is 1. The maximum Gasteiger partial charge on any atom is 0.131 e. The highest BCUT2D eigenvalue weighted by Gasteiger charge is 2.17. The van der Waals surface area contributed by atoms with Gasteiger partial charge < -0.3 is 9.80 Å². The smallest absolute Gasteiger partial charge is 0.131 e. The Balaban J connectivity index is 2.14. The normalized spacial score (nSPS) is 19.7. The third-order valence-electron chi connectivity index (χ3n) is 3.25. The van der Waals surface area contributed by atoms with Crippen molar-refractivity contribution < 1.29 is 4.79 Å². The predicted molar refractivity (Wildman–Crippen MR) is 63.0 cm³/mol. The van der Waals surface area contributed by atoms with Gasteiger partial charge in [-0.15, -0.1) is 0 Å². The fraction of sp³-hybridized carbons (Fsp3) is 0.917. The number of rotatable bonds is 5. The lowest BCUT2D eigenvalue weighted by Gasteiger charge is -2.31. The molecule has 88 valence electrons. The van der Waals surface area contributed by atoms with Gasteiger partial charge in [0.1, 0.15) is 5.78 Å². The molecule has 0 saturated carbocycles. The van der Waals surface area contributed by atoms with Crippen LogP contribution in [0.15, 0.2) is 0 Å². The second-order valence-electron chi connectivity index (χ2n) is 4.96. The first-order chi connectivity index (χ1) is 7.08. The van der Waals surface area contributed by atoms with E-state index in [1.165, 1.54) is 25.9 Å². The van der Waals surface area contributed by atoms with E-state index in [9.17, 15) is 4.79 Å². The molecule has 0 unspecified atom stereocenters. The molecule has 1 aliphatic heterocycles. The van der Waals surface area contributed by atoms with Gasteiger partial charge in [-0.25, -0.2) is 0 Å². The van der Waals surface area contributed by atoms with Crippen LogP contribution in [0.2, 0.25) is 0 Å². The first-order valence-corrected chi connectivity index (χ1v) is 5.94. The summed E-state index contributed by atoms with van der Waals surface area (Å²) in [5, 5.41) is 0. The van der Waals surface area contributed by atoms with E-state index in [0.29, 0.717) is 12.2 Å². The van der Waals surface area contributed by atoms with Crippen LogP contribution in [0.25, 0.3) is 0 Å². The Morgan fingerprint density at radius 3 is 2.53 bits per heavy atom. The number of Topliss-reactive ketones (excluding diaryl/α,β-unsaturated/α-hetero) is 1. The van der Waals surface area contributed by atoms with E-state index in [0.717, 1.165) is 19.0 Å². The van der Waals surface area contributed by atoms with Gasteiger partial charge in [-0.3, -0.25) is 4.79 Å². The van der Waals surface area contributed by atoms with Crippen molar-refractivity contribution in [1.82, 2.24) is 9.80 Å². The maximum absolute atomic E-state index is 10.9. The van der Waals surface area contributed by atoms with Crippen molar-refractivity contribution in [3.8, 4) is 0 Å². The lowest BCUT2D eigenvalue weighted by molar-refractivity contribution is -0.117. The maximum atomic E-state index is 10.9. The average Bonchev–Trinajstić information content (AvgIpc) is 2.19. The summed E-state index contributed by atoms with van der Waals surface area (Å²) in [6.45, 7) is 6.20. The minimum atomic E-state index is 0.297. The molecular weight excluding hydrogens is 188 g/mol. The minimum absolute atomic E-state index is 0.297. The molecule has 0 spiro atoms. The molecule has 0 radical (unpaired) electrons. The summed E-state index contributed by atoms with van der Waals surface area (Å²) in [5.41, 5.74) is 0. The van der Waals surface area contributed by atoms with Crippen molar-refractivity contribution in [2.45, 2.75) is 26.2 Å². The molecule has 0 amide bonds. The van der Waals surface area contributed by atoms with Crippen LogP contribution in [0.3, 0.4) is 0 Å². The molecule has 1 heterocycles. The lowest BCUT2D eigenvalue weighted by atomic mass is 9.96. The highest BCUT2D eigenvalue weighted by Crippen LogP contribution is 2.16. The van der Waals surface area contributed by atoms with Gasteiger partial charge in [0.25, 0.3) is 0 Å². The van der Waals surface area contributed by atoms with E-state index in [4.69, 9.17) is 0 Å². The summed E-state index contributed by atoms with van der Waals surface area (Å²) in [6, 6.07) is 0. The Hall–Kier alpha value is -0.410. The van der Waals surface area contributed by atoms with Crippen LogP contribution in [-0.4, -0.2) is 55.9 Å². The van der Waals surface area contributed by atoms with Crippen LogP contribution in [0.1, 0.15) is 26.2 Å². The predicted octanol–water partition coefficient (Wildman–Crippen LogP) is 1.24. The standard InChI is InChI=1S/C12H24N2O/c1-11(15)4-7-14(3)10-12-5-8-13(2)9-6-12/h12H,4-10H2,1-3H3. The van der Waals surface area contributed by atoms with Gasteiger partial charge in [-0.2, -0.15) is 0 Å². The zero-order valence-corrected chi connectivity index (χ0v) is 10.3. The largest absolute Gasteiger partial charge is 0.306 e. The molecule has 3 nitrogen and oxygen atoms in total. The first kappa shape index (κ1) is 12.7. The number of hydrogen-bond donors (Lipinski definition) is 0. The summed E-state index contributed by atoms with van der Waals surface area (Å²) in [6.07, 6.45) is 3.31. The SMILES string of the molecule is CC(=O)CCN(C)CC1CCN(C)CC1. The van der Waals surface area contributed by atoms with E-state index in [1.54, 1.807) is 6.92 Å². The summed E-state index contributed by atoms with van der Waals surface area (Å²) in [7, 11) is 4.32. The Morgan fingerprint density at radius 1 is 1.40 bits per heavy atom. The zero-order valence-electron chi connectivity index (χ0n) is 10.3. The van der Waals surface area contributed by atoms with Crippen LogP contribution < -0.4 is 0 Å². The topological polar surface area (TPSA) is 23.6 Å². The van der Waals surface area contributed by atoms with Crippen LogP contribution in [0.5, 0.6) is 0 Å². The van der Waals surface area contributed by atoms with E-state index < -0.39 is 0 Å². The summed E-state index contributed by atoms with van der Waals surface area (Å²) < 4.78 is 0. The first-order valence-electron chi connectivity index (χ1n) is 5.94. The number of piperidine rings is 1. The van der Waals surface area contributed by atoms with Gasteiger partial charge in [0.05, 0.1) is 0 Å². The van der Waals surface area contributed by atoms with Gasteiger partial charge in [-0.05, 0) is 52.9 Å². The fourth-order valence-corrected chi connectivity index (χ4v) is 2.13. The molecule has 0 atom stereocenters. The van der Waals surface area contributed by atoms with E-state index in [1.807, 2.05) is 0 Å². The Bertz CT molecular complexity index is 198. The number of carbonyl (C=O) groups excluding carboxylic acids is 1. The Kier molecular flexibility index (Phi) is 5.26. The number of hydrogen-bond acceptors (Lipinski definition) is 3. The van der Waals surface area contributed by atoms with Gasteiger partial charge in [0.15, 0.2) is 0 Å². The molecule has 0 aliphatic carbocycles. The molecule has 1 saturated heterocycles. The van der Waals surface area contributed by atoms with Crippen LogP contribution in [0.4, 0.5) is 0 Å². The average molecular weight is 212 g/mol. The van der Waals surface area contributed by atoms with Crippen molar-refractivity contribution in [3.05, 3.63) is 0 Å². The molecule has 0 N–H and O–H groups in total. The van der Waals surface area contributed by atoms with Crippen LogP contribution in [0, 0.1) is 5.92 Å². The van der Waals surface area contributed by atoms with E-state index >= 15 is 0 Å². The molecule has 0 aromatic heterocycles. The molecule has 3 heteroatoms. The molecule has 1 fully saturated rings. The fourth-order valence-electron chi connectivity index (χ4n) is 2.13. The van der Waals surface area contributed by atoms with Gasteiger partial charge >= 0.3 is 0 Å². The van der Waals surface area contributed by atoms with Crippen LogP contribution >= 0.6 is 0 Å². The molecule has 15 heavy (non-hydrogen) atoms. The highest BCUT2D eigenvalue weighted by atomic mass is 16.1. The van der Waals surface area contributed by atoms with Gasteiger partial charge in [0, 0.05) is 19.5 Å². The molecular formula is C12H24N2O. The molecule has 0 aromatic carbocycles. The summed E-state index contributed by atoms with van der Waals surface area (Å²) in [5.74, 6) is 1.13. The van der Waals surface area contributed by atoms with Gasteiger partial charge in [-0.1, -0.05) is 0 Å². The second-order valence-corrected chi connectivity index (χ2v) is 4.96. The van der Waals surface area contributed by atoms with Crippen molar-refractivity contribution in [2.24, 2.45) is 5.92 Å². The van der Waals surface area contributed by atoms with Crippen molar-refractivity contribution in [1.29, 1.82) is 0 Å². The number of carbonyl (C=O) groups is 1. The minimum Gasteiger partial charge on any atom is -0.306 e. The van der Waals surface area contributed by atoms with Crippen LogP contribution in [-0.2, 0) is 4.79 Å². The summed E-state index contributed by atoms with van der Waals surface area (Å²) >= 11 is 0. The van der Waals surface area contributed by atoms with Gasteiger partial charge in [0.2, 0.25) is 0 Å². The second kappa shape index (κ2) is 6.23. The molecule has 0 bridgehead atoms. The van der Waals surface area contributed by atoms with Crippen molar-refractivity contribution in [3.63, 3.8) is 0 Å². The molecule has 0 aromatic rings. The molecule has 1 rings (SSSR count). The zero-order chi connectivity index (χ0) is 11.3. The third-order valence-corrected chi connectivity index (χ3v) is 3.25. The van der Waals surface area contributed by atoms with Crippen molar-refractivity contribution in [2.75, 3.05) is 40.3 Å². The highest BCUT2D eigenvalue weighted by molar-refractivity contribution is 5.75.